The highest BCUT2D eigenvalue weighted by atomic mass is 35.5. The van der Waals surface area contributed by atoms with Crippen LogP contribution in [0.2, 0.25) is 5.02 Å². The smallest absolute Gasteiger partial charge is 0.223 e. The largest absolute Gasteiger partial charge is 0.240 e. The second kappa shape index (κ2) is 8.34. The molecule has 0 fully saturated rings. The summed E-state index contributed by atoms with van der Waals surface area (Å²) in [6.07, 6.45) is 0. The molecule has 0 bridgehead atoms. The van der Waals surface area contributed by atoms with Crippen LogP contribution in [0.3, 0.4) is 0 Å². The number of benzene rings is 2. The van der Waals surface area contributed by atoms with Gasteiger partial charge in [0.2, 0.25) is 10.0 Å². The molecule has 0 aliphatic heterocycles. The van der Waals surface area contributed by atoms with Gasteiger partial charge in [0.15, 0.2) is 9.84 Å². The summed E-state index contributed by atoms with van der Waals surface area (Å²) in [5.74, 6) is 0. The lowest BCUT2D eigenvalue weighted by atomic mass is 10.2. The van der Waals surface area contributed by atoms with Gasteiger partial charge in [-0.25, -0.2) is 21.6 Å². The molecule has 5 nitrogen and oxygen atoms in total. The quantitative estimate of drug-likeness (QED) is 0.578. The molecule has 1 N–H and O–H groups in total. The Morgan fingerprint density at radius 3 is 2.11 bits per heavy atom. The summed E-state index contributed by atoms with van der Waals surface area (Å²) < 4.78 is 54.0. The third kappa shape index (κ3) is 4.64. The average molecular weight is 456 g/mol. The molecule has 0 amide bonds. The van der Waals surface area contributed by atoms with E-state index in [2.05, 4.69) is 4.72 Å². The van der Waals surface area contributed by atoms with Gasteiger partial charge in [-0.1, -0.05) is 35.4 Å². The number of hydrogen-bond acceptors (Lipinski definition) is 5. The molecule has 148 valence electrons. The van der Waals surface area contributed by atoms with E-state index in [0.717, 1.165) is 5.56 Å². The van der Waals surface area contributed by atoms with Crippen molar-refractivity contribution in [3.05, 3.63) is 81.5 Å². The Kier molecular flexibility index (Phi) is 6.26. The Hall–Kier alpha value is -1.71. The summed E-state index contributed by atoms with van der Waals surface area (Å²) in [6, 6.07) is 15.6. The minimum atomic E-state index is -3.88. The third-order valence-corrected chi connectivity index (χ3v) is 9.09. The zero-order valence-electron chi connectivity index (χ0n) is 14.9. The van der Waals surface area contributed by atoms with E-state index in [4.69, 9.17) is 11.6 Å². The summed E-state index contributed by atoms with van der Waals surface area (Å²) in [4.78, 5) is 0.746. The first kappa shape index (κ1) is 21.0. The average Bonchev–Trinajstić information content (AvgIpc) is 3.16. The van der Waals surface area contributed by atoms with Crippen molar-refractivity contribution in [2.75, 3.05) is 6.54 Å². The molecule has 0 aliphatic rings. The molecule has 2 aromatic carbocycles. The molecule has 1 unspecified atom stereocenters. The van der Waals surface area contributed by atoms with E-state index < -0.39 is 25.1 Å². The van der Waals surface area contributed by atoms with E-state index in [1.807, 2.05) is 6.92 Å². The fourth-order valence-electron chi connectivity index (χ4n) is 2.61. The van der Waals surface area contributed by atoms with E-state index >= 15 is 0 Å². The van der Waals surface area contributed by atoms with Gasteiger partial charge in [0.25, 0.3) is 0 Å². The number of rotatable bonds is 7. The van der Waals surface area contributed by atoms with Gasteiger partial charge >= 0.3 is 0 Å². The molecule has 0 saturated carbocycles. The normalized spacial score (nSPS) is 13.4. The fourth-order valence-corrected chi connectivity index (χ4v) is 6.68. The van der Waals surface area contributed by atoms with Crippen LogP contribution >= 0.6 is 22.9 Å². The van der Waals surface area contributed by atoms with Crippen LogP contribution in [-0.2, 0) is 19.9 Å². The van der Waals surface area contributed by atoms with E-state index in [1.54, 1.807) is 41.8 Å². The minimum absolute atomic E-state index is 0.0227. The molecule has 1 atom stereocenters. The van der Waals surface area contributed by atoms with Gasteiger partial charge < -0.3 is 0 Å². The SMILES string of the molecule is Cc1ccc(S(=O)(=O)C(CNS(=O)(=O)c2ccc(Cl)cc2)c2cccs2)cc1. The number of aryl methyl sites for hydroxylation is 1. The fraction of sp³-hybridized carbons (Fsp3) is 0.158. The van der Waals surface area contributed by atoms with Crippen molar-refractivity contribution in [1.29, 1.82) is 0 Å². The van der Waals surface area contributed by atoms with Crippen LogP contribution in [0, 0.1) is 6.92 Å². The van der Waals surface area contributed by atoms with E-state index in [9.17, 15) is 16.8 Å². The van der Waals surface area contributed by atoms with Crippen LogP contribution in [0.4, 0.5) is 0 Å². The highest BCUT2D eigenvalue weighted by Crippen LogP contribution is 2.32. The standard InChI is InChI=1S/C19H18ClNO4S3/c1-14-4-8-16(9-5-14)27(22,23)19(18-3-2-12-26-18)13-21-28(24,25)17-10-6-15(20)7-11-17/h2-12,19,21H,13H2,1H3. The Balaban J connectivity index is 1.91. The van der Waals surface area contributed by atoms with Gasteiger partial charge in [0.05, 0.1) is 9.79 Å². The summed E-state index contributed by atoms with van der Waals surface area (Å²) in [6.45, 7) is 1.59. The number of sulfone groups is 1. The molecule has 3 aromatic rings. The zero-order chi connectivity index (χ0) is 20.4. The highest BCUT2D eigenvalue weighted by Gasteiger charge is 2.31. The maximum Gasteiger partial charge on any atom is 0.240 e. The van der Waals surface area contributed by atoms with Crippen LogP contribution < -0.4 is 4.72 Å². The lowest BCUT2D eigenvalue weighted by Gasteiger charge is -2.18. The predicted octanol–water partition coefficient (Wildman–Crippen LogP) is 4.20. The molecule has 28 heavy (non-hydrogen) atoms. The van der Waals surface area contributed by atoms with Crippen molar-refractivity contribution >= 4 is 42.8 Å². The molecule has 0 aliphatic carbocycles. The van der Waals surface area contributed by atoms with E-state index in [-0.39, 0.29) is 16.3 Å². The Morgan fingerprint density at radius 2 is 1.54 bits per heavy atom. The van der Waals surface area contributed by atoms with Crippen LogP contribution in [0.15, 0.2) is 75.8 Å². The summed E-state index contributed by atoms with van der Waals surface area (Å²) in [5, 5.41) is 1.15. The van der Waals surface area contributed by atoms with Crippen molar-refractivity contribution in [3.63, 3.8) is 0 Å². The molecule has 1 heterocycles. The van der Waals surface area contributed by atoms with Gasteiger partial charge in [-0.2, -0.15) is 0 Å². The number of nitrogens with one attached hydrogen (secondary N) is 1. The lowest BCUT2D eigenvalue weighted by Crippen LogP contribution is -2.31. The van der Waals surface area contributed by atoms with Crippen LogP contribution in [0.1, 0.15) is 15.7 Å². The van der Waals surface area contributed by atoms with Crippen LogP contribution in [0.5, 0.6) is 0 Å². The Bertz CT molecular complexity index is 1140. The summed E-state index contributed by atoms with van der Waals surface area (Å²) in [5.41, 5.74) is 0.940. The van der Waals surface area contributed by atoms with Crippen LogP contribution in [0.25, 0.3) is 0 Å². The van der Waals surface area contributed by atoms with Crippen molar-refractivity contribution in [2.24, 2.45) is 0 Å². The van der Waals surface area contributed by atoms with Gasteiger partial charge in [0.1, 0.15) is 5.25 Å². The first-order valence-corrected chi connectivity index (χ1v) is 12.6. The Morgan fingerprint density at radius 1 is 0.929 bits per heavy atom. The minimum Gasteiger partial charge on any atom is -0.223 e. The molecule has 1 aromatic heterocycles. The molecule has 3 rings (SSSR count). The first-order chi connectivity index (χ1) is 13.2. The predicted molar refractivity (Wildman–Crippen MR) is 112 cm³/mol. The van der Waals surface area contributed by atoms with Crippen LogP contribution in [-0.4, -0.2) is 23.4 Å². The van der Waals surface area contributed by atoms with E-state index in [0.29, 0.717) is 9.90 Å². The molecular formula is C19H18ClNO4S3. The van der Waals surface area contributed by atoms with Crippen molar-refractivity contribution in [1.82, 2.24) is 4.72 Å². The Labute approximate surface area is 174 Å². The summed E-state index contributed by atoms with van der Waals surface area (Å²) in [7, 11) is -7.67. The maximum atomic E-state index is 13.2. The van der Waals surface area contributed by atoms with Crippen molar-refractivity contribution < 1.29 is 16.8 Å². The van der Waals surface area contributed by atoms with E-state index in [1.165, 1.54) is 35.6 Å². The monoisotopic (exact) mass is 455 g/mol. The first-order valence-electron chi connectivity index (χ1n) is 8.29. The highest BCUT2D eigenvalue weighted by molar-refractivity contribution is 7.92. The molecular weight excluding hydrogens is 438 g/mol. The topological polar surface area (TPSA) is 80.3 Å². The number of sulfonamides is 1. The summed E-state index contributed by atoms with van der Waals surface area (Å²) >= 11 is 7.08. The molecule has 0 radical (unpaired) electrons. The van der Waals surface area contributed by atoms with Gasteiger partial charge in [-0.15, -0.1) is 11.3 Å². The molecule has 0 spiro atoms. The maximum absolute atomic E-state index is 13.2. The van der Waals surface area contributed by atoms with Crippen molar-refractivity contribution in [2.45, 2.75) is 22.0 Å². The van der Waals surface area contributed by atoms with Gasteiger partial charge in [0, 0.05) is 16.4 Å². The van der Waals surface area contributed by atoms with Gasteiger partial charge in [-0.05, 0) is 54.8 Å². The molecule has 0 saturated heterocycles. The third-order valence-electron chi connectivity index (χ3n) is 4.17. The number of halogens is 1. The van der Waals surface area contributed by atoms with Gasteiger partial charge in [-0.3, -0.25) is 0 Å². The molecule has 9 heteroatoms. The zero-order valence-corrected chi connectivity index (χ0v) is 18.1. The second-order valence-corrected chi connectivity index (χ2v) is 11.5. The number of thiophene rings is 1. The van der Waals surface area contributed by atoms with Crippen molar-refractivity contribution in [3.8, 4) is 0 Å². The number of hydrogen-bond donors (Lipinski definition) is 1. The second-order valence-electron chi connectivity index (χ2n) is 6.17. The lowest BCUT2D eigenvalue weighted by molar-refractivity contribution is 0.569.